The number of nitriles is 1. The van der Waals surface area contributed by atoms with Crippen LogP contribution in [0.2, 0.25) is 0 Å². The van der Waals surface area contributed by atoms with Gasteiger partial charge in [0.2, 0.25) is 0 Å². The molecule has 1 heterocycles. The molecular formula is C10H12N2O2. The van der Waals surface area contributed by atoms with E-state index < -0.39 is 0 Å². The van der Waals surface area contributed by atoms with Crippen LogP contribution in [0.25, 0.3) is 0 Å². The number of ether oxygens (including phenoxy) is 1. The smallest absolute Gasteiger partial charge is 0.293 e. The van der Waals surface area contributed by atoms with Gasteiger partial charge in [0.1, 0.15) is 0 Å². The van der Waals surface area contributed by atoms with Crippen molar-refractivity contribution in [3.05, 3.63) is 30.1 Å². The van der Waals surface area contributed by atoms with E-state index in [1.54, 1.807) is 19.3 Å². The van der Waals surface area contributed by atoms with Crippen LogP contribution in [0.4, 0.5) is 0 Å². The minimum atomic E-state index is 0.431. The molecule has 1 aromatic heterocycles. The van der Waals surface area contributed by atoms with Crippen molar-refractivity contribution < 1.29 is 9.53 Å². The molecule has 0 saturated heterocycles. The average Bonchev–Trinajstić information content (AvgIpc) is 2.22. The van der Waals surface area contributed by atoms with Gasteiger partial charge >= 0.3 is 0 Å². The molecule has 1 aromatic rings. The molecule has 0 saturated carbocycles. The molecule has 0 atom stereocenters. The Kier molecular flexibility index (Phi) is 7.96. The van der Waals surface area contributed by atoms with E-state index >= 15 is 0 Å². The van der Waals surface area contributed by atoms with Crippen molar-refractivity contribution in [2.75, 3.05) is 6.61 Å². The topological polar surface area (TPSA) is 63.0 Å². The Bertz CT molecular complexity index is 280. The first-order chi connectivity index (χ1) is 6.85. The first kappa shape index (κ1) is 12.1. The normalized spacial score (nSPS) is 7.71. The van der Waals surface area contributed by atoms with Crippen molar-refractivity contribution in [1.82, 2.24) is 4.98 Å². The van der Waals surface area contributed by atoms with Crippen LogP contribution in [0, 0.1) is 11.3 Å². The lowest BCUT2D eigenvalue weighted by molar-refractivity contribution is -0.128. The molecule has 0 spiro atoms. The molecule has 0 radical (unpaired) electrons. The third-order valence-electron chi connectivity index (χ3n) is 1.24. The maximum atomic E-state index is 9.18. The molecule has 0 aliphatic heterocycles. The van der Waals surface area contributed by atoms with Crippen LogP contribution in [-0.2, 0) is 16.0 Å². The Morgan fingerprint density at radius 1 is 1.71 bits per heavy atom. The maximum absolute atomic E-state index is 9.18. The van der Waals surface area contributed by atoms with Gasteiger partial charge in [-0.3, -0.25) is 9.78 Å². The zero-order valence-corrected chi connectivity index (χ0v) is 8.01. The highest BCUT2D eigenvalue weighted by Crippen LogP contribution is 1.93. The zero-order valence-electron chi connectivity index (χ0n) is 8.01. The predicted molar refractivity (Wildman–Crippen MR) is 51.2 cm³/mol. The van der Waals surface area contributed by atoms with E-state index in [0.717, 1.165) is 5.56 Å². The monoisotopic (exact) mass is 192 g/mol. The Morgan fingerprint density at radius 2 is 2.50 bits per heavy atom. The molecule has 0 amide bonds. The number of pyridine rings is 1. The van der Waals surface area contributed by atoms with E-state index in [-0.39, 0.29) is 0 Å². The fourth-order valence-electron chi connectivity index (χ4n) is 0.662. The van der Waals surface area contributed by atoms with Crippen LogP contribution < -0.4 is 0 Å². The second kappa shape index (κ2) is 9.20. The molecule has 0 unspecified atom stereocenters. The third-order valence-corrected chi connectivity index (χ3v) is 1.24. The second-order valence-electron chi connectivity index (χ2n) is 2.25. The van der Waals surface area contributed by atoms with E-state index in [0.29, 0.717) is 19.5 Å². The lowest BCUT2D eigenvalue weighted by atomic mass is 10.2. The number of rotatable bonds is 3. The van der Waals surface area contributed by atoms with Crippen molar-refractivity contribution in [2.45, 2.75) is 13.3 Å². The zero-order chi connectivity index (χ0) is 10.6. The SMILES string of the molecule is CCOC=O.N#CCc1cccnc1. The number of aromatic nitrogens is 1. The van der Waals surface area contributed by atoms with E-state index in [4.69, 9.17) is 5.26 Å². The van der Waals surface area contributed by atoms with Gasteiger partial charge in [0, 0.05) is 12.4 Å². The highest BCUT2D eigenvalue weighted by Gasteiger charge is 1.85. The molecule has 0 aliphatic rings. The molecular weight excluding hydrogens is 180 g/mol. The van der Waals surface area contributed by atoms with Gasteiger partial charge in [-0.05, 0) is 18.6 Å². The summed E-state index contributed by atoms with van der Waals surface area (Å²) in [5.41, 5.74) is 0.972. The van der Waals surface area contributed by atoms with Gasteiger partial charge in [0.25, 0.3) is 6.47 Å². The van der Waals surface area contributed by atoms with Gasteiger partial charge in [0.05, 0.1) is 19.1 Å². The van der Waals surface area contributed by atoms with Gasteiger partial charge in [-0.1, -0.05) is 6.07 Å². The van der Waals surface area contributed by atoms with Crippen LogP contribution in [0.5, 0.6) is 0 Å². The largest absolute Gasteiger partial charge is 0.468 e. The number of hydrogen-bond donors (Lipinski definition) is 0. The summed E-state index contributed by atoms with van der Waals surface area (Å²) >= 11 is 0. The van der Waals surface area contributed by atoms with Crippen LogP contribution in [0.1, 0.15) is 12.5 Å². The first-order valence-corrected chi connectivity index (χ1v) is 4.16. The Labute approximate surface area is 83.1 Å². The fraction of sp³-hybridized carbons (Fsp3) is 0.300. The molecule has 0 bridgehead atoms. The average molecular weight is 192 g/mol. The Hall–Kier alpha value is -1.89. The molecule has 74 valence electrons. The summed E-state index contributed by atoms with van der Waals surface area (Å²) in [7, 11) is 0. The Balaban J connectivity index is 0.000000292. The fourth-order valence-corrected chi connectivity index (χ4v) is 0.662. The molecule has 4 nitrogen and oxygen atoms in total. The number of carbonyl (C=O) groups excluding carboxylic acids is 1. The van der Waals surface area contributed by atoms with Crippen molar-refractivity contribution in [1.29, 1.82) is 5.26 Å². The van der Waals surface area contributed by atoms with Crippen LogP contribution in [0.15, 0.2) is 24.5 Å². The van der Waals surface area contributed by atoms with Crippen LogP contribution >= 0.6 is 0 Å². The van der Waals surface area contributed by atoms with Crippen molar-refractivity contribution in [3.63, 3.8) is 0 Å². The number of hydrogen-bond acceptors (Lipinski definition) is 4. The van der Waals surface area contributed by atoms with Gasteiger partial charge in [-0.25, -0.2) is 0 Å². The van der Waals surface area contributed by atoms with Crippen LogP contribution in [-0.4, -0.2) is 18.1 Å². The summed E-state index contributed by atoms with van der Waals surface area (Å²) < 4.78 is 4.15. The lowest BCUT2D eigenvalue weighted by Gasteiger charge is -1.87. The molecule has 0 fully saturated rings. The minimum absolute atomic E-state index is 0.431. The maximum Gasteiger partial charge on any atom is 0.293 e. The van der Waals surface area contributed by atoms with E-state index in [2.05, 4.69) is 9.72 Å². The molecule has 0 aromatic carbocycles. The molecule has 0 aliphatic carbocycles. The van der Waals surface area contributed by atoms with Gasteiger partial charge < -0.3 is 4.74 Å². The van der Waals surface area contributed by atoms with E-state index in [1.165, 1.54) is 0 Å². The Morgan fingerprint density at radius 3 is 2.86 bits per heavy atom. The molecule has 0 N–H and O–H groups in total. The summed E-state index contributed by atoms with van der Waals surface area (Å²) in [4.78, 5) is 13.0. The highest BCUT2D eigenvalue weighted by molar-refractivity contribution is 5.36. The van der Waals surface area contributed by atoms with Gasteiger partial charge in [-0.2, -0.15) is 5.26 Å². The quantitative estimate of drug-likeness (QED) is 0.678. The summed E-state index contributed by atoms with van der Waals surface area (Å²) in [6.07, 6.45) is 3.85. The molecule has 4 heteroatoms. The van der Waals surface area contributed by atoms with E-state index in [1.807, 2.05) is 18.2 Å². The number of nitrogens with zero attached hydrogens (tertiary/aromatic N) is 2. The summed E-state index contributed by atoms with van der Waals surface area (Å²) in [5.74, 6) is 0. The summed E-state index contributed by atoms with van der Waals surface area (Å²) in [6.45, 7) is 2.66. The predicted octanol–water partition coefficient (Wildman–Crippen LogP) is 1.33. The summed E-state index contributed by atoms with van der Waals surface area (Å²) in [5, 5.41) is 8.24. The van der Waals surface area contributed by atoms with Crippen molar-refractivity contribution in [3.8, 4) is 6.07 Å². The summed E-state index contributed by atoms with van der Waals surface area (Å²) in [6, 6.07) is 5.76. The lowest BCUT2D eigenvalue weighted by Crippen LogP contribution is -1.80. The first-order valence-electron chi connectivity index (χ1n) is 4.16. The van der Waals surface area contributed by atoms with Crippen molar-refractivity contribution >= 4 is 6.47 Å². The van der Waals surface area contributed by atoms with E-state index in [9.17, 15) is 4.79 Å². The number of carbonyl (C=O) groups is 1. The standard InChI is InChI=1S/C7H6N2.C3H6O2/c8-4-3-7-2-1-5-9-6-7;1-2-5-3-4/h1-2,5-6H,3H2;3H,2H2,1H3. The van der Waals surface area contributed by atoms with Gasteiger partial charge in [0.15, 0.2) is 0 Å². The van der Waals surface area contributed by atoms with Crippen molar-refractivity contribution in [2.24, 2.45) is 0 Å². The van der Waals surface area contributed by atoms with Gasteiger partial charge in [-0.15, -0.1) is 0 Å². The molecule has 14 heavy (non-hydrogen) atoms. The molecule has 1 rings (SSSR count). The van der Waals surface area contributed by atoms with Crippen LogP contribution in [0.3, 0.4) is 0 Å². The highest BCUT2D eigenvalue weighted by atomic mass is 16.5. The minimum Gasteiger partial charge on any atom is -0.468 e. The third kappa shape index (κ3) is 6.80. The second-order valence-corrected chi connectivity index (χ2v) is 2.25.